The van der Waals surface area contributed by atoms with Gasteiger partial charge in [-0.05, 0) is 26.1 Å². The lowest BCUT2D eigenvalue weighted by molar-refractivity contribution is 0.382. The molecule has 2 heteroatoms. The third kappa shape index (κ3) is 4.45. The first-order chi connectivity index (χ1) is 7.24. The maximum atomic E-state index is 3.58. The van der Waals surface area contributed by atoms with E-state index in [1.165, 1.54) is 5.56 Å². The maximum Gasteiger partial charge on any atom is 0.0318 e. The Hall–Kier alpha value is -0.860. The van der Waals surface area contributed by atoms with Crippen molar-refractivity contribution in [3.05, 3.63) is 35.9 Å². The zero-order chi connectivity index (χ0) is 11.1. The van der Waals surface area contributed by atoms with Gasteiger partial charge in [-0.1, -0.05) is 37.3 Å². The van der Waals surface area contributed by atoms with E-state index in [1.807, 2.05) is 0 Å². The van der Waals surface area contributed by atoms with E-state index in [1.54, 1.807) is 0 Å². The summed E-state index contributed by atoms with van der Waals surface area (Å²) in [5, 5.41) is 3.58. The van der Waals surface area contributed by atoms with E-state index in [9.17, 15) is 0 Å². The zero-order valence-corrected chi connectivity index (χ0v) is 10.0. The van der Waals surface area contributed by atoms with E-state index in [2.05, 4.69) is 61.6 Å². The van der Waals surface area contributed by atoms with Crippen molar-refractivity contribution >= 4 is 0 Å². The molecule has 1 aromatic rings. The van der Waals surface area contributed by atoms with Gasteiger partial charge in [0.2, 0.25) is 0 Å². The lowest BCUT2D eigenvalue weighted by Crippen LogP contribution is -2.29. The third-order valence-electron chi connectivity index (χ3n) is 2.56. The van der Waals surface area contributed by atoms with Gasteiger partial charge >= 0.3 is 0 Å². The predicted molar refractivity (Wildman–Crippen MR) is 66.0 cm³/mol. The number of nitrogens with zero attached hydrogens (tertiary/aromatic N) is 1. The molecule has 15 heavy (non-hydrogen) atoms. The van der Waals surface area contributed by atoms with Crippen molar-refractivity contribution in [3.63, 3.8) is 0 Å². The lowest BCUT2D eigenvalue weighted by atomic mass is 10.0. The number of benzene rings is 1. The van der Waals surface area contributed by atoms with E-state index in [0.717, 1.165) is 19.5 Å². The molecule has 0 spiro atoms. The molecule has 0 aliphatic carbocycles. The number of likely N-dealkylation sites (N-methyl/N-ethyl adjacent to an activating group) is 1. The molecule has 0 fully saturated rings. The molecule has 1 N–H and O–H groups in total. The minimum Gasteiger partial charge on any atom is -0.309 e. The summed E-state index contributed by atoms with van der Waals surface area (Å²) in [4.78, 5) is 2.20. The summed E-state index contributed by atoms with van der Waals surface area (Å²) < 4.78 is 0. The quantitative estimate of drug-likeness (QED) is 0.768. The Bertz CT molecular complexity index is 256. The SMILES string of the molecule is CCC(NCCN(C)C)c1ccccc1. The molecule has 0 radical (unpaired) electrons. The monoisotopic (exact) mass is 206 g/mol. The van der Waals surface area contributed by atoms with Crippen LogP contribution in [0.25, 0.3) is 0 Å². The van der Waals surface area contributed by atoms with Gasteiger partial charge in [-0.15, -0.1) is 0 Å². The maximum absolute atomic E-state index is 3.58. The van der Waals surface area contributed by atoms with Gasteiger partial charge in [-0.2, -0.15) is 0 Å². The minimum absolute atomic E-state index is 0.492. The molecule has 0 aromatic heterocycles. The molecule has 0 bridgehead atoms. The Balaban J connectivity index is 2.43. The molecule has 84 valence electrons. The predicted octanol–water partition coefficient (Wildman–Crippen LogP) is 2.29. The average molecular weight is 206 g/mol. The Kier molecular flexibility index (Phi) is 5.37. The number of nitrogens with one attached hydrogen (secondary N) is 1. The van der Waals surface area contributed by atoms with E-state index in [-0.39, 0.29) is 0 Å². The van der Waals surface area contributed by atoms with Crippen LogP contribution in [0.5, 0.6) is 0 Å². The van der Waals surface area contributed by atoms with Gasteiger partial charge < -0.3 is 10.2 Å². The summed E-state index contributed by atoms with van der Waals surface area (Å²) >= 11 is 0. The highest BCUT2D eigenvalue weighted by Gasteiger charge is 2.06. The van der Waals surface area contributed by atoms with E-state index in [0.29, 0.717) is 6.04 Å². The van der Waals surface area contributed by atoms with Crippen LogP contribution in [-0.2, 0) is 0 Å². The lowest BCUT2D eigenvalue weighted by Gasteiger charge is -2.19. The van der Waals surface area contributed by atoms with Crippen molar-refractivity contribution < 1.29 is 0 Å². The standard InChI is InChI=1S/C13H22N2/c1-4-13(14-10-11-15(2)3)12-8-6-5-7-9-12/h5-9,13-14H,4,10-11H2,1-3H3. The van der Waals surface area contributed by atoms with Crippen LogP contribution in [0.15, 0.2) is 30.3 Å². The molecular weight excluding hydrogens is 184 g/mol. The van der Waals surface area contributed by atoms with Gasteiger partial charge in [-0.3, -0.25) is 0 Å². The second kappa shape index (κ2) is 6.59. The van der Waals surface area contributed by atoms with Crippen molar-refractivity contribution in [1.29, 1.82) is 0 Å². The first kappa shape index (κ1) is 12.2. The normalized spacial score (nSPS) is 13.1. The summed E-state index contributed by atoms with van der Waals surface area (Å²) in [6.07, 6.45) is 1.14. The highest BCUT2D eigenvalue weighted by atomic mass is 15.1. The van der Waals surface area contributed by atoms with Crippen LogP contribution in [0, 0.1) is 0 Å². The van der Waals surface area contributed by atoms with Crippen LogP contribution in [0.3, 0.4) is 0 Å². The number of hydrogen-bond donors (Lipinski definition) is 1. The van der Waals surface area contributed by atoms with Crippen molar-refractivity contribution in [2.45, 2.75) is 19.4 Å². The molecule has 0 heterocycles. The molecule has 0 aliphatic rings. The van der Waals surface area contributed by atoms with Crippen LogP contribution in [0.2, 0.25) is 0 Å². The summed E-state index contributed by atoms with van der Waals surface area (Å²) in [6, 6.07) is 11.1. The second-order valence-corrected chi connectivity index (χ2v) is 4.13. The van der Waals surface area contributed by atoms with Gasteiger partial charge in [0.1, 0.15) is 0 Å². The largest absolute Gasteiger partial charge is 0.309 e. The number of rotatable bonds is 6. The van der Waals surface area contributed by atoms with Crippen LogP contribution in [0.1, 0.15) is 24.9 Å². The van der Waals surface area contributed by atoms with Gasteiger partial charge in [0.25, 0.3) is 0 Å². The fourth-order valence-electron chi connectivity index (χ4n) is 1.65. The molecule has 0 amide bonds. The highest BCUT2D eigenvalue weighted by Crippen LogP contribution is 2.15. The van der Waals surface area contributed by atoms with Gasteiger partial charge in [0.05, 0.1) is 0 Å². The van der Waals surface area contributed by atoms with Crippen LogP contribution in [0.4, 0.5) is 0 Å². The summed E-state index contributed by atoms with van der Waals surface area (Å²) in [6.45, 7) is 4.35. The molecule has 0 saturated carbocycles. The van der Waals surface area contributed by atoms with E-state index >= 15 is 0 Å². The van der Waals surface area contributed by atoms with E-state index < -0.39 is 0 Å². The first-order valence-electron chi connectivity index (χ1n) is 5.67. The Morgan fingerprint density at radius 2 is 1.87 bits per heavy atom. The highest BCUT2D eigenvalue weighted by molar-refractivity contribution is 5.18. The van der Waals surface area contributed by atoms with Crippen LogP contribution >= 0.6 is 0 Å². The molecule has 1 atom stereocenters. The summed E-state index contributed by atoms with van der Waals surface area (Å²) in [7, 11) is 4.20. The third-order valence-corrected chi connectivity index (χ3v) is 2.56. The Labute approximate surface area is 93.3 Å². The molecule has 0 saturated heterocycles. The van der Waals surface area contributed by atoms with Crippen molar-refractivity contribution in [3.8, 4) is 0 Å². The smallest absolute Gasteiger partial charge is 0.0318 e. The zero-order valence-electron chi connectivity index (χ0n) is 10.0. The minimum atomic E-state index is 0.492. The topological polar surface area (TPSA) is 15.3 Å². The van der Waals surface area contributed by atoms with Crippen molar-refractivity contribution in [1.82, 2.24) is 10.2 Å². The molecule has 2 nitrogen and oxygen atoms in total. The van der Waals surface area contributed by atoms with Gasteiger partial charge in [0.15, 0.2) is 0 Å². The Morgan fingerprint density at radius 1 is 1.20 bits per heavy atom. The number of hydrogen-bond acceptors (Lipinski definition) is 2. The van der Waals surface area contributed by atoms with Crippen LogP contribution in [-0.4, -0.2) is 32.1 Å². The second-order valence-electron chi connectivity index (χ2n) is 4.13. The summed E-state index contributed by atoms with van der Waals surface area (Å²) in [5.74, 6) is 0. The average Bonchev–Trinajstić information content (AvgIpc) is 2.25. The van der Waals surface area contributed by atoms with E-state index in [4.69, 9.17) is 0 Å². The summed E-state index contributed by atoms with van der Waals surface area (Å²) in [5.41, 5.74) is 1.39. The van der Waals surface area contributed by atoms with Crippen molar-refractivity contribution in [2.75, 3.05) is 27.2 Å². The van der Waals surface area contributed by atoms with Crippen molar-refractivity contribution in [2.24, 2.45) is 0 Å². The fraction of sp³-hybridized carbons (Fsp3) is 0.538. The molecule has 1 aromatic carbocycles. The first-order valence-corrected chi connectivity index (χ1v) is 5.67. The molecular formula is C13H22N2. The van der Waals surface area contributed by atoms with Gasteiger partial charge in [-0.25, -0.2) is 0 Å². The van der Waals surface area contributed by atoms with Crippen LogP contribution < -0.4 is 5.32 Å². The molecule has 1 unspecified atom stereocenters. The Morgan fingerprint density at radius 3 is 2.40 bits per heavy atom. The molecule has 1 rings (SSSR count). The molecule has 0 aliphatic heterocycles. The van der Waals surface area contributed by atoms with Gasteiger partial charge in [0, 0.05) is 19.1 Å². The fourth-order valence-corrected chi connectivity index (χ4v) is 1.65.